The summed E-state index contributed by atoms with van der Waals surface area (Å²) < 4.78 is 10.2. The van der Waals surface area contributed by atoms with Crippen LogP contribution < -0.4 is 0 Å². The third-order valence-corrected chi connectivity index (χ3v) is 4.08. The summed E-state index contributed by atoms with van der Waals surface area (Å²) in [6.07, 6.45) is 2.26. The first-order valence-corrected chi connectivity index (χ1v) is 8.19. The van der Waals surface area contributed by atoms with E-state index in [1.807, 2.05) is 24.3 Å². The summed E-state index contributed by atoms with van der Waals surface area (Å²) in [5.74, 6) is 0.129. The summed E-state index contributed by atoms with van der Waals surface area (Å²) in [4.78, 5) is 15.8. The molecule has 0 saturated heterocycles. The second-order valence-corrected chi connectivity index (χ2v) is 5.81. The van der Waals surface area contributed by atoms with Crippen molar-refractivity contribution in [2.24, 2.45) is 4.99 Å². The Morgan fingerprint density at radius 3 is 2.25 bits per heavy atom. The minimum atomic E-state index is -0.559. The molecule has 2 aromatic carbocycles. The van der Waals surface area contributed by atoms with Gasteiger partial charge in [-0.15, -0.1) is 0 Å². The zero-order valence-electron chi connectivity index (χ0n) is 14.0. The van der Waals surface area contributed by atoms with Gasteiger partial charge in [0.15, 0.2) is 6.04 Å². The van der Waals surface area contributed by atoms with E-state index in [2.05, 4.69) is 36.2 Å². The normalized spacial score (nSPS) is 16.4. The monoisotopic (exact) mass is 323 g/mol. The third kappa shape index (κ3) is 3.48. The SMILES string of the molecule is CCCc1ccc(-c2ccc(C3=N[C@@H](C(=O)OC)CO3)cc2)cc1. The van der Waals surface area contributed by atoms with Gasteiger partial charge in [-0.3, -0.25) is 0 Å². The number of hydrogen-bond donors (Lipinski definition) is 0. The molecule has 1 aliphatic rings. The van der Waals surface area contributed by atoms with Crippen molar-refractivity contribution in [2.45, 2.75) is 25.8 Å². The molecule has 0 fully saturated rings. The van der Waals surface area contributed by atoms with Crippen molar-refractivity contribution in [3.05, 3.63) is 59.7 Å². The highest BCUT2D eigenvalue weighted by Gasteiger charge is 2.27. The maximum atomic E-state index is 11.5. The summed E-state index contributed by atoms with van der Waals surface area (Å²) >= 11 is 0. The van der Waals surface area contributed by atoms with Crippen molar-refractivity contribution in [3.8, 4) is 11.1 Å². The zero-order chi connectivity index (χ0) is 16.9. The highest BCUT2D eigenvalue weighted by Crippen LogP contribution is 2.22. The average Bonchev–Trinajstić information content (AvgIpc) is 3.12. The standard InChI is InChI=1S/C20H21NO3/c1-3-4-14-5-7-15(8-6-14)16-9-11-17(12-10-16)19-21-18(13-24-19)20(22)23-2/h5-12,18H,3-4,13H2,1-2H3/t18-/m1/s1. The van der Waals surface area contributed by atoms with Gasteiger partial charge in [0.25, 0.3) is 0 Å². The van der Waals surface area contributed by atoms with Crippen molar-refractivity contribution in [2.75, 3.05) is 13.7 Å². The minimum absolute atomic E-state index is 0.239. The van der Waals surface area contributed by atoms with Crippen molar-refractivity contribution in [3.63, 3.8) is 0 Å². The lowest BCUT2D eigenvalue weighted by molar-refractivity contribution is -0.142. The fraction of sp³-hybridized carbons (Fsp3) is 0.300. The van der Waals surface area contributed by atoms with Crippen molar-refractivity contribution in [1.29, 1.82) is 0 Å². The Kier molecular flexibility index (Phi) is 4.94. The van der Waals surface area contributed by atoms with Gasteiger partial charge in [-0.1, -0.05) is 49.7 Å². The maximum absolute atomic E-state index is 11.5. The molecule has 0 unspecified atom stereocenters. The number of aliphatic imine (C=N–C) groups is 1. The molecule has 0 radical (unpaired) electrons. The van der Waals surface area contributed by atoms with Crippen LogP contribution >= 0.6 is 0 Å². The van der Waals surface area contributed by atoms with E-state index in [-0.39, 0.29) is 12.6 Å². The summed E-state index contributed by atoms with van der Waals surface area (Å²) in [5.41, 5.74) is 4.56. The molecule has 1 aliphatic heterocycles. The molecule has 24 heavy (non-hydrogen) atoms. The molecule has 1 atom stereocenters. The van der Waals surface area contributed by atoms with E-state index >= 15 is 0 Å². The van der Waals surface area contributed by atoms with Crippen LogP contribution in [0.25, 0.3) is 11.1 Å². The number of rotatable bonds is 5. The van der Waals surface area contributed by atoms with Gasteiger partial charge in [0.05, 0.1) is 7.11 Å². The topological polar surface area (TPSA) is 47.9 Å². The van der Waals surface area contributed by atoms with Crippen molar-refractivity contribution >= 4 is 11.9 Å². The smallest absolute Gasteiger partial charge is 0.334 e. The van der Waals surface area contributed by atoms with Crippen LogP contribution in [0.1, 0.15) is 24.5 Å². The van der Waals surface area contributed by atoms with Crippen LogP contribution in [-0.2, 0) is 20.7 Å². The number of carbonyl (C=O) groups excluding carboxylic acids is 1. The summed E-state index contributed by atoms with van der Waals surface area (Å²) in [6, 6.07) is 16.1. The molecule has 3 rings (SSSR count). The predicted molar refractivity (Wildman–Crippen MR) is 94.2 cm³/mol. The highest BCUT2D eigenvalue weighted by atomic mass is 16.5. The van der Waals surface area contributed by atoms with Crippen LogP contribution in [0.15, 0.2) is 53.5 Å². The van der Waals surface area contributed by atoms with Gasteiger partial charge in [0, 0.05) is 5.56 Å². The van der Waals surface area contributed by atoms with Gasteiger partial charge >= 0.3 is 5.97 Å². The van der Waals surface area contributed by atoms with Gasteiger partial charge in [0.2, 0.25) is 5.90 Å². The molecule has 0 amide bonds. The van der Waals surface area contributed by atoms with Crippen LogP contribution in [0.2, 0.25) is 0 Å². The van der Waals surface area contributed by atoms with E-state index in [4.69, 9.17) is 9.47 Å². The molecule has 0 saturated carbocycles. The quantitative estimate of drug-likeness (QED) is 0.790. The Hall–Kier alpha value is -2.62. The lowest BCUT2D eigenvalue weighted by atomic mass is 10.0. The van der Waals surface area contributed by atoms with Gasteiger partial charge in [-0.05, 0) is 35.2 Å². The Balaban J connectivity index is 1.75. The molecule has 0 N–H and O–H groups in total. The van der Waals surface area contributed by atoms with Crippen LogP contribution in [0.4, 0.5) is 0 Å². The summed E-state index contributed by atoms with van der Waals surface area (Å²) in [5, 5.41) is 0. The molecule has 1 heterocycles. The number of nitrogens with zero attached hydrogens (tertiary/aromatic N) is 1. The first-order valence-electron chi connectivity index (χ1n) is 8.19. The molecule has 0 spiro atoms. The van der Waals surface area contributed by atoms with Gasteiger partial charge in [-0.25, -0.2) is 9.79 Å². The first kappa shape index (κ1) is 16.2. The minimum Gasteiger partial charge on any atom is -0.475 e. The first-order chi connectivity index (χ1) is 11.7. The van der Waals surface area contributed by atoms with Crippen LogP contribution in [0.5, 0.6) is 0 Å². The van der Waals surface area contributed by atoms with E-state index in [0.717, 1.165) is 24.0 Å². The number of aryl methyl sites for hydroxylation is 1. The number of carbonyl (C=O) groups is 1. The lowest BCUT2D eigenvalue weighted by Crippen LogP contribution is -2.21. The number of benzene rings is 2. The second kappa shape index (κ2) is 7.30. The molecule has 0 aromatic heterocycles. The largest absolute Gasteiger partial charge is 0.475 e. The second-order valence-electron chi connectivity index (χ2n) is 5.81. The number of hydrogen-bond acceptors (Lipinski definition) is 4. The highest BCUT2D eigenvalue weighted by molar-refractivity contribution is 5.98. The summed E-state index contributed by atoms with van der Waals surface area (Å²) in [6.45, 7) is 2.42. The number of ether oxygens (including phenoxy) is 2. The molecule has 124 valence electrons. The fourth-order valence-electron chi connectivity index (χ4n) is 2.75. The Morgan fingerprint density at radius 1 is 1.08 bits per heavy atom. The van der Waals surface area contributed by atoms with Crippen molar-refractivity contribution < 1.29 is 14.3 Å². The van der Waals surface area contributed by atoms with E-state index in [9.17, 15) is 4.79 Å². The van der Waals surface area contributed by atoms with E-state index in [1.165, 1.54) is 18.2 Å². The van der Waals surface area contributed by atoms with E-state index < -0.39 is 6.04 Å². The average molecular weight is 323 g/mol. The molecular weight excluding hydrogens is 302 g/mol. The van der Waals surface area contributed by atoms with Crippen LogP contribution in [0.3, 0.4) is 0 Å². The zero-order valence-corrected chi connectivity index (χ0v) is 14.0. The molecule has 0 aliphatic carbocycles. The summed E-state index contributed by atoms with van der Waals surface area (Å²) in [7, 11) is 1.36. The van der Waals surface area contributed by atoms with Crippen LogP contribution in [-0.4, -0.2) is 31.6 Å². The molecular formula is C20H21NO3. The number of esters is 1. The Bertz CT molecular complexity index is 732. The third-order valence-electron chi connectivity index (χ3n) is 4.08. The molecule has 0 bridgehead atoms. The van der Waals surface area contributed by atoms with Gasteiger partial charge in [0.1, 0.15) is 6.61 Å². The number of methoxy groups -OCH3 is 1. The van der Waals surface area contributed by atoms with E-state index in [0.29, 0.717) is 5.90 Å². The lowest BCUT2D eigenvalue weighted by Gasteiger charge is -2.06. The van der Waals surface area contributed by atoms with E-state index in [1.54, 1.807) is 0 Å². The fourth-order valence-corrected chi connectivity index (χ4v) is 2.75. The van der Waals surface area contributed by atoms with Gasteiger partial charge in [-0.2, -0.15) is 0 Å². The molecule has 2 aromatic rings. The van der Waals surface area contributed by atoms with Crippen LogP contribution in [0, 0.1) is 0 Å². The Morgan fingerprint density at radius 2 is 1.67 bits per heavy atom. The Labute approximate surface area is 142 Å². The van der Waals surface area contributed by atoms with Crippen molar-refractivity contribution in [1.82, 2.24) is 0 Å². The molecule has 4 nitrogen and oxygen atoms in total. The molecule has 4 heteroatoms. The predicted octanol–water partition coefficient (Wildman–Crippen LogP) is 3.62. The maximum Gasteiger partial charge on any atom is 0.334 e. The van der Waals surface area contributed by atoms with Gasteiger partial charge < -0.3 is 9.47 Å².